The fourth-order valence-electron chi connectivity index (χ4n) is 2.53. The lowest BCUT2D eigenvalue weighted by atomic mass is 9.85. The maximum atomic E-state index is 11.4. The molecule has 0 bridgehead atoms. The molecule has 4 nitrogen and oxygen atoms in total. The van der Waals surface area contributed by atoms with Crippen LogP contribution in [0.3, 0.4) is 0 Å². The summed E-state index contributed by atoms with van der Waals surface area (Å²) in [6.45, 7) is 0. The number of nitrogens with two attached hydrogens (primary N) is 1. The summed E-state index contributed by atoms with van der Waals surface area (Å²) in [5.74, 6) is 1.07. The summed E-state index contributed by atoms with van der Waals surface area (Å²) in [5, 5.41) is 2.54. The van der Waals surface area contributed by atoms with Crippen molar-refractivity contribution in [3.05, 3.63) is 0 Å². The fraction of sp³-hybridized carbons (Fsp3) is 0.818. The molecule has 2 aliphatic rings. The molecule has 84 valence electrons. The van der Waals surface area contributed by atoms with Crippen LogP contribution in [0.25, 0.3) is 0 Å². The largest absolute Gasteiger partial charge is 0.370 e. The molecule has 0 spiro atoms. The fourth-order valence-corrected chi connectivity index (χ4v) is 2.53. The van der Waals surface area contributed by atoms with Crippen LogP contribution in [0.1, 0.15) is 44.9 Å². The summed E-state index contributed by atoms with van der Waals surface area (Å²) in [4.78, 5) is 15.4. The Hall–Kier alpha value is -1.06. The smallest absolute Gasteiger partial charge is 0.251 e. The number of hydrogen-bond acceptors (Lipinski definition) is 3. The van der Waals surface area contributed by atoms with E-state index in [1.54, 1.807) is 0 Å². The van der Waals surface area contributed by atoms with Crippen LogP contribution in [0.5, 0.6) is 0 Å². The zero-order valence-corrected chi connectivity index (χ0v) is 9.04. The number of carbonyl (C=O) groups is 1. The van der Waals surface area contributed by atoms with E-state index in [1.165, 1.54) is 32.1 Å². The highest BCUT2D eigenvalue weighted by Crippen LogP contribution is 2.28. The molecule has 1 aliphatic carbocycles. The van der Waals surface area contributed by atoms with Gasteiger partial charge in [-0.25, -0.2) is 4.99 Å². The lowest BCUT2D eigenvalue weighted by molar-refractivity contribution is -0.120. The molecule has 1 unspecified atom stereocenters. The van der Waals surface area contributed by atoms with Gasteiger partial charge in [-0.3, -0.25) is 10.1 Å². The summed E-state index contributed by atoms with van der Waals surface area (Å²) >= 11 is 0. The Morgan fingerprint density at radius 1 is 1.27 bits per heavy atom. The average molecular weight is 209 g/mol. The zero-order chi connectivity index (χ0) is 10.7. The van der Waals surface area contributed by atoms with Crippen LogP contribution in [-0.2, 0) is 4.79 Å². The third-order valence-corrected chi connectivity index (χ3v) is 3.42. The van der Waals surface area contributed by atoms with E-state index in [9.17, 15) is 4.79 Å². The molecule has 0 aromatic rings. The van der Waals surface area contributed by atoms with E-state index in [2.05, 4.69) is 10.3 Å². The molecular formula is C11H19N3O. The predicted octanol–water partition coefficient (Wildman–Crippen LogP) is 1.16. The SMILES string of the molecule is NC1=NC(CCC2CCCCC2)C(=O)N1. The van der Waals surface area contributed by atoms with Crippen LogP contribution >= 0.6 is 0 Å². The summed E-state index contributed by atoms with van der Waals surface area (Å²) in [7, 11) is 0. The van der Waals surface area contributed by atoms with Gasteiger partial charge in [0.2, 0.25) is 0 Å². The normalized spacial score (nSPS) is 27.6. The molecule has 1 heterocycles. The first kappa shape index (κ1) is 10.5. The minimum atomic E-state index is -0.216. The number of rotatable bonds is 3. The van der Waals surface area contributed by atoms with Crippen LogP contribution in [0.15, 0.2) is 4.99 Å². The summed E-state index contributed by atoms with van der Waals surface area (Å²) in [6.07, 6.45) is 8.72. The maximum absolute atomic E-state index is 11.4. The topological polar surface area (TPSA) is 67.5 Å². The molecule has 2 rings (SSSR count). The Labute approximate surface area is 90.3 Å². The first-order valence-corrected chi connectivity index (χ1v) is 5.90. The summed E-state index contributed by atoms with van der Waals surface area (Å²) in [5.41, 5.74) is 5.44. The highest BCUT2D eigenvalue weighted by atomic mass is 16.2. The van der Waals surface area contributed by atoms with Gasteiger partial charge < -0.3 is 5.73 Å². The standard InChI is InChI=1S/C11H19N3O/c12-11-13-9(10(15)14-11)7-6-8-4-2-1-3-5-8/h8-9H,1-7H2,(H3,12,13,14,15). The molecule has 1 saturated carbocycles. The molecule has 0 aromatic heterocycles. The number of guanidine groups is 1. The van der Waals surface area contributed by atoms with Gasteiger partial charge in [0.25, 0.3) is 5.91 Å². The van der Waals surface area contributed by atoms with Crippen LogP contribution in [0.4, 0.5) is 0 Å². The highest BCUT2D eigenvalue weighted by Gasteiger charge is 2.25. The third kappa shape index (κ3) is 2.70. The van der Waals surface area contributed by atoms with Crippen LogP contribution in [0.2, 0.25) is 0 Å². The van der Waals surface area contributed by atoms with E-state index >= 15 is 0 Å². The van der Waals surface area contributed by atoms with Crippen molar-refractivity contribution in [3.63, 3.8) is 0 Å². The van der Waals surface area contributed by atoms with Crippen molar-refractivity contribution in [3.8, 4) is 0 Å². The van der Waals surface area contributed by atoms with Gasteiger partial charge in [0.1, 0.15) is 6.04 Å². The van der Waals surface area contributed by atoms with Crippen molar-refractivity contribution in [1.82, 2.24) is 5.32 Å². The summed E-state index contributed by atoms with van der Waals surface area (Å²) < 4.78 is 0. The van der Waals surface area contributed by atoms with Crippen molar-refractivity contribution < 1.29 is 4.79 Å². The van der Waals surface area contributed by atoms with Crippen molar-refractivity contribution in [1.29, 1.82) is 0 Å². The summed E-state index contributed by atoms with van der Waals surface area (Å²) in [6, 6.07) is -0.216. The van der Waals surface area contributed by atoms with Crippen LogP contribution < -0.4 is 11.1 Å². The number of carbonyl (C=O) groups excluding carboxylic acids is 1. The number of hydrogen-bond donors (Lipinski definition) is 2. The van der Waals surface area contributed by atoms with E-state index in [4.69, 9.17) is 5.73 Å². The Kier molecular flexibility index (Phi) is 3.23. The second kappa shape index (κ2) is 4.64. The van der Waals surface area contributed by atoms with Crippen molar-refractivity contribution in [2.45, 2.75) is 51.0 Å². The molecule has 1 atom stereocenters. The molecule has 1 aliphatic heterocycles. The Morgan fingerprint density at radius 2 is 2.00 bits per heavy atom. The van der Waals surface area contributed by atoms with Gasteiger partial charge >= 0.3 is 0 Å². The molecule has 4 heteroatoms. The van der Waals surface area contributed by atoms with Gasteiger partial charge in [-0.15, -0.1) is 0 Å². The second-order valence-corrected chi connectivity index (χ2v) is 4.60. The molecule has 0 aromatic carbocycles. The van der Waals surface area contributed by atoms with E-state index in [1.807, 2.05) is 0 Å². The van der Waals surface area contributed by atoms with Gasteiger partial charge in [-0.1, -0.05) is 32.1 Å². The Bertz CT molecular complexity index is 269. The third-order valence-electron chi connectivity index (χ3n) is 3.42. The van der Waals surface area contributed by atoms with Gasteiger partial charge in [-0.05, 0) is 18.8 Å². The number of amides is 1. The number of aliphatic imine (C=N–C) groups is 1. The number of nitrogens with one attached hydrogen (secondary N) is 1. The van der Waals surface area contributed by atoms with Gasteiger partial charge in [0.15, 0.2) is 5.96 Å². The highest BCUT2D eigenvalue weighted by molar-refractivity contribution is 6.04. The van der Waals surface area contributed by atoms with Crippen LogP contribution in [-0.4, -0.2) is 17.9 Å². The molecule has 0 radical (unpaired) electrons. The van der Waals surface area contributed by atoms with Crippen LogP contribution in [0, 0.1) is 5.92 Å². The lowest BCUT2D eigenvalue weighted by Gasteiger charge is -2.21. The zero-order valence-electron chi connectivity index (χ0n) is 9.04. The van der Waals surface area contributed by atoms with E-state index in [-0.39, 0.29) is 17.9 Å². The van der Waals surface area contributed by atoms with Gasteiger partial charge in [-0.2, -0.15) is 0 Å². The van der Waals surface area contributed by atoms with E-state index in [0.29, 0.717) is 0 Å². The Morgan fingerprint density at radius 3 is 2.60 bits per heavy atom. The predicted molar refractivity (Wildman–Crippen MR) is 59.4 cm³/mol. The first-order chi connectivity index (χ1) is 7.25. The number of nitrogens with zero attached hydrogens (tertiary/aromatic N) is 1. The quantitative estimate of drug-likeness (QED) is 0.732. The van der Waals surface area contributed by atoms with Gasteiger partial charge in [0, 0.05) is 0 Å². The van der Waals surface area contributed by atoms with Crippen molar-refractivity contribution >= 4 is 11.9 Å². The van der Waals surface area contributed by atoms with Crippen molar-refractivity contribution in [2.24, 2.45) is 16.6 Å². The minimum absolute atomic E-state index is 0.0247. The molecule has 3 N–H and O–H groups in total. The monoisotopic (exact) mass is 209 g/mol. The lowest BCUT2D eigenvalue weighted by Crippen LogP contribution is -2.33. The molecule has 1 fully saturated rings. The maximum Gasteiger partial charge on any atom is 0.251 e. The van der Waals surface area contributed by atoms with E-state index in [0.717, 1.165) is 18.8 Å². The van der Waals surface area contributed by atoms with Gasteiger partial charge in [0.05, 0.1) is 0 Å². The van der Waals surface area contributed by atoms with Crippen molar-refractivity contribution in [2.75, 3.05) is 0 Å². The molecule has 0 saturated heterocycles. The first-order valence-electron chi connectivity index (χ1n) is 5.90. The molecule has 1 amide bonds. The Balaban J connectivity index is 1.75. The minimum Gasteiger partial charge on any atom is -0.370 e. The molecular weight excluding hydrogens is 190 g/mol. The molecule has 15 heavy (non-hydrogen) atoms. The average Bonchev–Trinajstić information content (AvgIpc) is 2.56. The second-order valence-electron chi connectivity index (χ2n) is 4.60. The van der Waals surface area contributed by atoms with E-state index < -0.39 is 0 Å².